The first kappa shape index (κ1) is 26.0. The first-order chi connectivity index (χ1) is 15.9. The lowest BCUT2D eigenvalue weighted by Crippen LogP contribution is -2.13. The van der Waals surface area contributed by atoms with Gasteiger partial charge in [0, 0.05) is 20.3 Å². The van der Waals surface area contributed by atoms with Gasteiger partial charge in [0.05, 0.1) is 18.8 Å². The maximum atomic E-state index is 12.5. The van der Waals surface area contributed by atoms with Gasteiger partial charge in [0.25, 0.3) is 0 Å². The summed E-state index contributed by atoms with van der Waals surface area (Å²) < 4.78 is 25.3. The van der Waals surface area contributed by atoms with Crippen LogP contribution in [-0.2, 0) is 23.7 Å². The fraction of sp³-hybridized carbons (Fsp3) is 0.348. The van der Waals surface area contributed by atoms with Crippen LogP contribution in [0.3, 0.4) is 0 Å². The van der Waals surface area contributed by atoms with Crippen LogP contribution in [0.1, 0.15) is 38.1 Å². The summed E-state index contributed by atoms with van der Waals surface area (Å²) in [6.07, 6.45) is 2.94. The lowest BCUT2D eigenvalue weighted by Gasteiger charge is -2.06. The molecule has 0 saturated heterocycles. The lowest BCUT2D eigenvalue weighted by atomic mass is 10.1. The van der Waals surface area contributed by atoms with Crippen LogP contribution in [0.2, 0.25) is 0 Å². The molecule has 0 aliphatic rings. The molecule has 0 fully saturated rings. The number of amides is 1. The first-order valence-electron chi connectivity index (χ1n) is 10.1. The Hall–Kier alpha value is -3.21. The summed E-state index contributed by atoms with van der Waals surface area (Å²) in [7, 11) is 3.03. The molecule has 0 aliphatic carbocycles. The number of thiophene rings is 1. The van der Waals surface area contributed by atoms with Crippen LogP contribution < -0.4 is 10.1 Å². The Bertz CT molecular complexity index is 981. The second kappa shape index (κ2) is 13.4. The van der Waals surface area contributed by atoms with E-state index >= 15 is 0 Å². The molecule has 178 valence electrons. The van der Waals surface area contributed by atoms with E-state index in [2.05, 4.69) is 5.32 Å². The monoisotopic (exact) mass is 477 g/mol. The number of carbonyl (C=O) groups is 3. The Morgan fingerprint density at radius 3 is 2.36 bits per heavy atom. The highest BCUT2D eigenvalue weighted by molar-refractivity contribution is 7.18. The van der Waals surface area contributed by atoms with Crippen LogP contribution in [0.15, 0.2) is 30.3 Å². The van der Waals surface area contributed by atoms with Crippen molar-refractivity contribution in [2.45, 2.75) is 13.8 Å². The third kappa shape index (κ3) is 7.70. The van der Waals surface area contributed by atoms with E-state index in [0.717, 1.165) is 16.9 Å². The van der Waals surface area contributed by atoms with E-state index in [1.54, 1.807) is 44.2 Å². The molecule has 0 atom stereocenters. The lowest BCUT2D eigenvalue weighted by molar-refractivity contribution is -0.111. The van der Waals surface area contributed by atoms with Gasteiger partial charge in [-0.05, 0) is 43.2 Å². The van der Waals surface area contributed by atoms with Gasteiger partial charge in [-0.3, -0.25) is 4.79 Å². The molecule has 1 amide bonds. The van der Waals surface area contributed by atoms with Gasteiger partial charge in [0.2, 0.25) is 5.91 Å². The quantitative estimate of drug-likeness (QED) is 0.213. The zero-order valence-electron chi connectivity index (χ0n) is 19.0. The van der Waals surface area contributed by atoms with Gasteiger partial charge in [0.1, 0.15) is 22.2 Å². The van der Waals surface area contributed by atoms with Crippen molar-refractivity contribution in [3.8, 4) is 5.75 Å². The van der Waals surface area contributed by atoms with E-state index in [9.17, 15) is 14.4 Å². The molecule has 33 heavy (non-hydrogen) atoms. The summed E-state index contributed by atoms with van der Waals surface area (Å²) in [6, 6.07) is 7.06. The van der Waals surface area contributed by atoms with Crippen LogP contribution in [0.4, 0.5) is 5.00 Å². The van der Waals surface area contributed by atoms with Gasteiger partial charge in [-0.15, -0.1) is 11.3 Å². The minimum absolute atomic E-state index is 0.0706. The Kier molecular flexibility index (Phi) is 10.5. The fourth-order valence-electron chi connectivity index (χ4n) is 2.66. The summed E-state index contributed by atoms with van der Waals surface area (Å²) in [5.74, 6) is -1.07. The average molecular weight is 478 g/mol. The maximum Gasteiger partial charge on any atom is 0.348 e. The molecule has 0 aliphatic heterocycles. The molecule has 10 heteroatoms. The molecule has 0 saturated carbocycles. The van der Waals surface area contributed by atoms with Crippen molar-refractivity contribution < 1.29 is 38.1 Å². The molecule has 2 rings (SSSR count). The summed E-state index contributed by atoms with van der Waals surface area (Å²) >= 11 is 0.956. The molecule has 9 nitrogen and oxygen atoms in total. The zero-order chi connectivity index (χ0) is 24.2. The highest BCUT2D eigenvalue weighted by Gasteiger charge is 2.27. The van der Waals surface area contributed by atoms with Gasteiger partial charge in [-0.25, -0.2) is 9.59 Å². The fourth-order valence-corrected chi connectivity index (χ4v) is 3.75. The van der Waals surface area contributed by atoms with Crippen molar-refractivity contribution in [2.75, 3.05) is 46.1 Å². The standard InChI is InChI=1S/C23H27NO8S/c1-5-30-22(26)19-15(2)20(23(27)31-13-12-28-3)33-21(19)24-18(25)11-8-16-6-9-17(10-7-16)32-14-29-4/h6-11H,5,12-14H2,1-4H3,(H,24,25)/b11-8+. The van der Waals surface area contributed by atoms with Gasteiger partial charge >= 0.3 is 11.9 Å². The van der Waals surface area contributed by atoms with Crippen molar-refractivity contribution in [3.05, 3.63) is 51.9 Å². The summed E-state index contributed by atoms with van der Waals surface area (Å²) in [5, 5.41) is 2.87. The minimum Gasteiger partial charge on any atom is -0.468 e. The first-order valence-corrected chi connectivity index (χ1v) is 10.9. The highest BCUT2D eigenvalue weighted by atomic mass is 32.1. The van der Waals surface area contributed by atoms with Gasteiger partial charge in [-0.2, -0.15) is 0 Å². The van der Waals surface area contributed by atoms with Crippen LogP contribution in [-0.4, -0.2) is 58.7 Å². The number of nitrogens with one attached hydrogen (secondary N) is 1. The smallest absolute Gasteiger partial charge is 0.348 e. The van der Waals surface area contributed by atoms with Crippen LogP contribution in [0.25, 0.3) is 6.08 Å². The van der Waals surface area contributed by atoms with Gasteiger partial charge in [-0.1, -0.05) is 12.1 Å². The number of ether oxygens (including phenoxy) is 5. The number of rotatable bonds is 12. The Morgan fingerprint density at radius 2 is 1.73 bits per heavy atom. The van der Waals surface area contributed by atoms with Crippen molar-refractivity contribution in [2.24, 2.45) is 0 Å². The molecule has 1 heterocycles. The number of carbonyl (C=O) groups excluding carboxylic acids is 3. The Morgan fingerprint density at radius 1 is 1.00 bits per heavy atom. The van der Waals surface area contributed by atoms with Crippen molar-refractivity contribution >= 4 is 40.3 Å². The van der Waals surface area contributed by atoms with Crippen LogP contribution in [0, 0.1) is 6.92 Å². The van der Waals surface area contributed by atoms with Gasteiger partial charge < -0.3 is 29.0 Å². The van der Waals surface area contributed by atoms with E-state index in [1.807, 2.05) is 0 Å². The van der Waals surface area contributed by atoms with E-state index in [1.165, 1.54) is 20.3 Å². The third-order valence-corrected chi connectivity index (χ3v) is 5.41. The Balaban J connectivity index is 2.17. The van der Waals surface area contributed by atoms with Crippen LogP contribution in [0.5, 0.6) is 5.75 Å². The van der Waals surface area contributed by atoms with Crippen molar-refractivity contribution in [1.82, 2.24) is 0 Å². The largest absolute Gasteiger partial charge is 0.468 e. The molecular weight excluding hydrogens is 450 g/mol. The van der Waals surface area contributed by atoms with E-state index in [-0.39, 0.29) is 42.1 Å². The normalized spacial score (nSPS) is 10.8. The van der Waals surface area contributed by atoms with E-state index in [0.29, 0.717) is 11.3 Å². The molecular formula is C23H27NO8S. The summed E-state index contributed by atoms with van der Waals surface area (Å²) in [4.78, 5) is 37.6. The topological polar surface area (TPSA) is 109 Å². The molecule has 1 aromatic heterocycles. The minimum atomic E-state index is -0.631. The second-order valence-electron chi connectivity index (χ2n) is 6.55. The van der Waals surface area contributed by atoms with E-state index in [4.69, 9.17) is 23.7 Å². The second-order valence-corrected chi connectivity index (χ2v) is 7.57. The summed E-state index contributed by atoms with van der Waals surface area (Å²) in [5.41, 5.74) is 1.28. The molecule has 0 radical (unpaired) electrons. The third-order valence-electron chi connectivity index (χ3n) is 4.22. The SMILES string of the molecule is CCOC(=O)c1c(NC(=O)/C=C/c2ccc(OCOC)cc2)sc(C(=O)OCCOC)c1C. The molecule has 1 N–H and O–H groups in total. The number of anilines is 1. The Labute approximate surface area is 196 Å². The molecule has 0 unspecified atom stereocenters. The number of benzene rings is 1. The van der Waals surface area contributed by atoms with Crippen molar-refractivity contribution in [1.29, 1.82) is 0 Å². The van der Waals surface area contributed by atoms with Crippen LogP contribution >= 0.6 is 11.3 Å². The zero-order valence-corrected chi connectivity index (χ0v) is 19.8. The average Bonchev–Trinajstić information content (AvgIpc) is 3.12. The number of esters is 2. The predicted molar refractivity (Wildman–Crippen MR) is 124 cm³/mol. The predicted octanol–water partition coefficient (Wildman–Crippen LogP) is 3.67. The van der Waals surface area contributed by atoms with Crippen molar-refractivity contribution in [3.63, 3.8) is 0 Å². The number of methoxy groups -OCH3 is 2. The molecule has 0 bridgehead atoms. The number of hydrogen-bond donors (Lipinski definition) is 1. The molecule has 2 aromatic rings. The maximum absolute atomic E-state index is 12.5. The summed E-state index contributed by atoms with van der Waals surface area (Å²) in [6.45, 7) is 3.89. The van der Waals surface area contributed by atoms with Gasteiger partial charge in [0.15, 0.2) is 6.79 Å². The molecule has 1 aromatic carbocycles. The van der Waals surface area contributed by atoms with E-state index < -0.39 is 17.8 Å². The number of hydrogen-bond acceptors (Lipinski definition) is 9. The highest BCUT2D eigenvalue weighted by Crippen LogP contribution is 2.34. The molecule has 0 spiro atoms.